The van der Waals surface area contributed by atoms with Crippen molar-refractivity contribution in [1.29, 1.82) is 0 Å². The number of hydrogen-bond donors (Lipinski definition) is 3. The Morgan fingerprint density at radius 2 is 1.89 bits per heavy atom. The van der Waals surface area contributed by atoms with Crippen LogP contribution in [0.3, 0.4) is 0 Å². The van der Waals surface area contributed by atoms with Crippen molar-refractivity contribution in [1.82, 2.24) is 24.9 Å². The summed E-state index contributed by atoms with van der Waals surface area (Å²) < 4.78 is 3.55. The standard InChI is InChI=1S/C27H29N7O3/c1-16-12-19(30-27(37)25-20-6-4-5-7-23(20)33(3)32-25)8-9-22(16)31-26(36)21-15-29-34-11-10-18(13-24(21)34)14-28-17(2)35/h4-9,12,15,18H,10-11,13-14H2,1-3H3,(H,28,35)(H,30,37)(H,31,36). The van der Waals surface area contributed by atoms with Gasteiger partial charge in [-0.1, -0.05) is 18.2 Å². The van der Waals surface area contributed by atoms with Crippen LogP contribution >= 0.6 is 0 Å². The van der Waals surface area contributed by atoms with Crippen molar-refractivity contribution in [3.8, 4) is 0 Å². The monoisotopic (exact) mass is 499 g/mol. The van der Waals surface area contributed by atoms with Gasteiger partial charge in [0.05, 0.1) is 23.0 Å². The Labute approximate surface area is 214 Å². The first-order valence-corrected chi connectivity index (χ1v) is 12.2. The summed E-state index contributed by atoms with van der Waals surface area (Å²) in [5.41, 5.74) is 4.72. The molecule has 0 fully saturated rings. The lowest BCUT2D eigenvalue weighted by atomic mass is 9.94. The van der Waals surface area contributed by atoms with Gasteiger partial charge in [-0.05, 0) is 55.5 Å². The maximum Gasteiger partial charge on any atom is 0.276 e. The van der Waals surface area contributed by atoms with E-state index in [9.17, 15) is 14.4 Å². The van der Waals surface area contributed by atoms with Crippen LogP contribution in [0.25, 0.3) is 10.9 Å². The largest absolute Gasteiger partial charge is 0.356 e. The average molecular weight is 500 g/mol. The molecule has 1 aliphatic rings. The van der Waals surface area contributed by atoms with Crippen molar-refractivity contribution in [3.63, 3.8) is 0 Å². The third-order valence-corrected chi connectivity index (χ3v) is 6.77. The van der Waals surface area contributed by atoms with Crippen molar-refractivity contribution in [3.05, 3.63) is 71.2 Å². The van der Waals surface area contributed by atoms with Crippen LogP contribution in [-0.4, -0.2) is 43.8 Å². The molecule has 1 aliphatic heterocycles. The molecule has 3 N–H and O–H groups in total. The fraction of sp³-hybridized carbons (Fsp3) is 0.296. The molecule has 0 spiro atoms. The van der Waals surface area contributed by atoms with Gasteiger partial charge >= 0.3 is 0 Å². The summed E-state index contributed by atoms with van der Waals surface area (Å²) in [4.78, 5) is 37.3. The Balaban J connectivity index is 1.27. The van der Waals surface area contributed by atoms with E-state index in [1.165, 1.54) is 6.92 Å². The van der Waals surface area contributed by atoms with Crippen LogP contribution in [0.4, 0.5) is 11.4 Å². The molecule has 2 aromatic heterocycles. The van der Waals surface area contributed by atoms with Crippen LogP contribution in [0.1, 0.15) is 45.4 Å². The van der Waals surface area contributed by atoms with Gasteiger partial charge < -0.3 is 16.0 Å². The first-order valence-electron chi connectivity index (χ1n) is 12.2. The SMILES string of the molecule is CC(=O)NCC1CCn2ncc(C(=O)Nc3ccc(NC(=O)c4nn(C)c5ccccc45)cc3C)c2C1. The number of benzene rings is 2. The first-order chi connectivity index (χ1) is 17.8. The quantitative estimate of drug-likeness (QED) is 0.376. The van der Waals surface area contributed by atoms with Crippen LogP contribution in [0, 0.1) is 12.8 Å². The predicted octanol–water partition coefficient (Wildman–Crippen LogP) is 3.28. The highest BCUT2D eigenvalue weighted by molar-refractivity contribution is 6.11. The summed E-state index contributed by atoms with van der Waals surface area (Å²) in [7, 11) is 1.81. The Morgan fingerprint density at radius 3 is 2.68 bits per heavy atom. The van der Waals surface area contributed by atoms with Gasteiger partial charge in [0.15, 0.2) is 5.69 Å². The second-order valence-corrected chi connectivity index (χ2v) is 9.45. The molecular weight excluding hydrogens is 470 g/mol. The highest BCUT2D eigenvalue weighted by Gasteiger charge is 2.26. The van der Waals surface area contributed by atoms with Gasteiger partial charge in [0, 0.05) is 43.8 Å². The maximum absolute atomic E-state index is 13.1. The summed E-state index contributed by atoms with van der Waals surface area (Å²) in [6, 6.07) is 12.9. The fourth-order valence-corrected chi connectivity index (χ4v) is 4.79. The lowest BCUT2D eigenvalue weighted by Crippen LogP contribution is -2.32. The average Bonchev–Trinajstić information content (AvgIpc) is 3.45. The van der Waals surface area contributed by atoms with E-state index in [-0.39, 0.29) is 23.6 Å². The number of hydrogen-bond acceptors (Lipinski definition) is 5. The Kier molecular flexibility index (Phi) is 6.47. The number of amides is 3. The normalized spacial score (nSPS) is 14.7. The van der Waals surface area contributed by atoms with Gasteiger partial charge in [-0.15, -0.1) is 0 Å². The van der Waals surface area contributed by atoms with Crippen molar-refractivity contribution in [2.24, 2.45) is 13.0 Å². The van der Waals surface area contributed by atoms with Crippen LogP contribution in [0.2, 0.25) is 0 Å². The third-order valence-electron chi connectivity index (χ3n) is 6.77. The summed E-state index contributed by atoms with van der Waals surface area (Å²) in [5.74, 6) is -0.323. The van der Waals surface area contributed by atoms with Gasteiger partial charge in [0.1, 0.15) is 0 Å². The minimum absolute atomic E-state index is 0.0551. The highest BCUT2D eigenvalue weighted by atomic mass is 16.2. The smallest absolute Gasteiger partial charge is 0.276 e. The molecule has 1 unspecified atom stereocenters. The molecule has 3 heterocycles. The molecular formula is C27H29N7O3. The molecule has 0 aliphatic carbocycles. The zero-order chi connectivity index (χ0) is 26.1. The van der Waals surface area contributed by atoms with Crippen LogP contribution in [0.5, 0.6) is 0 Å². The van der Waals surface area contributed by atoms with Gasteiger partial charge in [-0.2, -0.15) is 10.2 Å². The molecule has 0 bridgehead atoms. The molecule has 190 valence electrons. The Hall–Kier alpha value is -4.47. The van der Waals surface area contributed by atoms with E-state index in [1.807, 2.05) is 49.0 Å². The van der Waals surface area contributed by atoms with Crippen LogP contribution < -0.4 is 16.0 Å². The minimum Gasteiger partial charge on any atom is -0.356 e. The van der Waals surface area contributed by atoms with Crippen molar-refractivity contribution < 1.29 is 14.4 Å². The van der Waals surface area contributed by atoms with E-state index < -0.39 is 0 Å². The number of aromatic nitrogens is 4. The fourth-order valence-electron chi connectivity index (χ4n) is 4.79. The van der Waals surface area contributed by atoms with Gasteiger partial charge in [0.2, 0.25) is 5.91 Å². The summed E-state index contributed by atoms with van der Waals surface area (Å²) in [6.07, 6.45) is 3.18. The second-order valence-electron chi connectivity index (χ2n) is 9.45. The number of rotatable bonds is 6. The molecule has 37 heavy (non-hydrogen) atoms. The van der Waals surface area contributed by atoms with Crippen LogP contribution in [0.15, 0.2) is 48.7 Å². The number of para-hydroxylation sites is 1. The van der Waals surface area contributed by atoms with E-state index in [0.717, 1.165) is 28.6 Å². The van der Waals surface area contributed by atoms with Crippen LogP contribution in [-0.2, 0) is 24.8 Å². The number of nitrogens with zero attached hydrogens (tertiary/aromatic N) is 4. The number of anilines is 2. The van der Waals surface area contributed by atoms with Gasteiger partial charge in [-0.3, -0.25) is 23.7 Å². The number of fused-ring (bicyclic) bond motifs is 2. The molecule has 1 atom stereocenters. The summed E-state index contributed by atoms with van der Waals surface area (Å²) >= 11 is 0. The van der Waals surface area contributed by atoms with E-state index in [0.29, 0.717) is 42.1 Å². The van der Waals surface area contributed by atoms with E-state index >= 15 is 0 Å². The molecule has 3 amide bonds. The zero-order valence-corrected chi connectivity index (χ0v) is 21.0. The van der Waals surface area contributed by atoms with E-state index in [2.05, 4.69) is 26.1 Å². The molecule has 0 radical (unpaired) electrons. The van der Waals surface area contributed by atoms with Gasteiger partial charge in [-0.25, -0.2) is 0 Å². The molecule has 0 saturated heterocycles. The lowest BCUT2D eigenvalue weighted by Gasteiger charge is -2.24. The van der Waals surface area contributed by atoms with Crippen molar-refractivity contribution >= 4 is 40.0 Å². The zero-order valence-electron chi connectivity index (χ0n) is 21.0. The summed E-state index contributed by atoms with van der Waals surface area (Å²) in [6.45, 7) is 4.68. The van der Waals surface area contributed by atoms with Crippen molar-refractivity contribution in [2.45, 2.75) is 33.2 Å². The lowest BCUT2D eigenvalue weighted by molar-refractivity contribution is -0.119. The molecule has 10 nitrogen and oxygen atoms in total. The number of aryl methyl sites for hydroxylation is 3. The molecule has 10 heteroatoms. The highest BCUT2D eigenvalue weighted by Crippen LogP contribution is 2.26. The third kappa shape index (κ3) is 4.95. The maximum atomic E-state index is 13.1. The topological polar surface area (TPSA) is 123 Å². The van der Waals surface area contributed by atoms with Crippen molar-refractivity contribution in [2.75, 3.05) is 17.2 Å². The Morgan fingerprint density at radius 1 is 1.08 bits per heavy atom. The van der Waals surface area contributed by atoms with E-state index in [1.54, 1.807) is 23.0 Å². The number of carbonyl (C=O) groups excluding carboxylic acids is 3. The molecule has 0 saturated carbocycles. The summed E-state index contributed by atoms with van der Waals surface area (Å²) in [5, 5.41) is 18.3. The number of nitrogens with one attached hydrogen (secondary N) is 3. The predicted molar refractivity (Wildman–Crippen MR) is 141 cm³/mol. The molecule has 5 rings (SSSR count). The Bertz CT molecular complexity index is 1520. The van der Waals surface area contributed by atoms with E-state index in [4.69, 9.17) is 0 Å². The molecule has 2 aromatic carbocycles. The van der Waals surface area contributed by atoms with Gasteiger partial charge in [0.25, 0.3) is 11.8 Å². The number of carbonyl (C=O) groups is 3. The second kappa shape index (κ2) is 9.88. The first kappa shape index (κ1) is 24.2. The molecule has 4 aromatic rings. The minimum atomic E-state index is -0.298.